The van der Waals surface area contributed by atoms with Gasteiger partial charge in [-0.1, -0.05) is 0 Å². The zero-order chi connectivity index (χ0) is 9.90. The molecule has 5 heteroatoms. The Kier molecular flexibility index (Phi) is 4.31. The zero-order valence-electron chi connectivity index (χ0n) is 7.43. The van der Waals surface area contributed by atoms with Gasteiger partial charge >= 0.3 is 0 Å². The first-order chi connectivity index (χ1) is 6.03. The molecule has 0 aromatic rings. The molecule has 0 aliphatic heterocycles. The predicted octanol–water partition coefficient (Wildman–Crippen LogP) is 2.60. The molecule has 0 amide bonds. The van der Waals surface area contributed by atoms with Crippen molar-refractivity contribution in [2.24, 2.45) is 0 Å². The number of rotatable bonds is 6. The minimum Gasteiger partial charge on any atom is -0.379 e. The lowest BCUT2D eigenvalue weighted by molar-refractivity contribution is 0.0490. The summed E-state index contributed by atoms with van der Waals surface area (Å²) in [6.45, 7) is 0.406. The average molecular weight is 306 g/mol. The number of hydrogen-bond acceptors (Lipinski definition) is 2. The third kappa shape index (κ3) is 5.07. The van der Waals surface area contributed by atoms with Crippen molar-refractivity contribution in [3.8, 4) is 0 Å². The molecule has 1 rings (SSSR count). The van der Waals surface area contributed by atoms with Crippen molar-refractivity contribution in [3.05, 3.63) is 0 Å². The Labute approximate surface area is 90.1 Å². The van der Waals surface area contributed by atoms with Gasteiger partial charge in [0, 0.05) is 26.6 Å². The van der Waals surface area contributed by atoms with Crippen LogP contribution >= 0.6 is 22.6 Å². The molecule has 2 atom stereocenters. The number of methoxy groups -OCH3 is 1. The first-order valence-electron chi connectivity index (χ1n) is 4.24. The highest BCUT2D eigenvalue weighted by Gasteiger charge is 2.38. The number of ether oxygens (including phenoxy) is 2. The second-order valence-corrected chi connectivity index (χ2v) is 4.72. The highest BCUT2D eigenvalue weighted by Crippen LogP contribution is 2.30. The fraction of sp³-hybridized carbons (Fsp3) is 1.00. The summed E-state index contributed by atoms with van der Waals surface area (Å²) in [7, 11) is 1.63. The molecule has 13 heavy (non-hydrogen) atoms. The summed E-state index contributed by atoms with van der Waals surface area (Å²) in [5.41, 5.74) is 0. The maximum absolute atomic E-state index is 12.3. The predicted molar refractivity (Wildman–Crippen MR) is 53.4 cm³/mol. The first kappa shape index (κ1) is 11.6. The number of hydrogen-bond donors (Lipinski definition) is 0. The molecular formula is C8H13F2IO2. The highest BCUT2D eigenvalue weighted by molar-refractivity contribution is 14.1. The molecule has 2 unspecified atom stereocenters. The van der Waals surface area contributed by atoms with Crippen LogP contribution in [-0.4, -0.2) is 29.9 Å². The van der Waals surface area contributed by atoms with E-state index in [0.717, 1.165) is 29.0 Å². The molecule has 78 valence electrons. The molecule has 0 heterocycles. The second-order valence-electron chi connectivity index (χ2n) is 3.14. The van der Waals surface area contributed by atoms with Gasteiger partial charge in [-0.15, -0.1) is 0 Å². The van der Waals surface area contributed by atoms with E-state index in [9.17, 15) is 8.78 Å². The summed E-state index contributed by atoms with van der Waals surface area (Å²) in [6.07, 6.45) is 1.53. The fourth-order valence-corrected chi connectivity index (χ4v) is 1.46. The van der Waals surface area contributed by atoms with Crippen LogP contribution in [0, 0.1) is 0 Å². The van der Waals surface area contributed by atoms with Gasteiger partial charge in [0.1, 0.15) is 0 Å². The summed E-state index contributed by atoms with van der Waals surface area (Å²) < 4.78 is 32.3. The molecule has 0 saturated heterocycles. The molecule has 0 N–H and O–H groups in total. The van der Waals surface area contributed by atoms with E-state index in [0.29, 0.717) is 13.0 Å². The topological polar surface area (TPSA) is 18.5 Å². The van der Waals surface area contributed by atoms with Gasteiger partial charge in [0.25, 0.3) is 3.93 Å². The lowest BCUT2D eigenvalue weighted by Crippen LogP contribution is -2.08. The summed E-state index contributed by atoms with van der Waals surface area (Å²) in [5.74, 6) is 0. The third-order valence-corrected chi connectivity index (χ3v) is 2.45. The Morgan fingerprint density at radius 2 is 2.15 bits per heavy atom. The monoisotopic (exact) mass is 306 g/mol. The van der Waals surface area contributed by atoms with Gasteiger partial charge in [0.05, 0.1) is 12.2 Å². The Morgan fingerprint density at radius 3 is 2.62 bits per heavy atom. The molecule has 1 saturated carbocycles. The third-order valence-electron chi connectivity index (χ3n) is 1.92. The fourth-order valence-electron chi connectivity index (χ4n) is 1.08. The van der Waals surface area contributed by atoms with Crippen molar-refractivity contribution in [3.63, 3.8) is 0 Å². The molecule has 0 radical (unpaired) electrons. The largest absolute Gasteiger partial charge is 0.379 e. The number of halogens is 3. The Morgan fingerprint density at radius 1 is 1.46 bits per heavy atom. The summed E-state index contributed by atoms with van der Waals surface area (Å²) in [5, 5.41) is 0. The van der Waals surface area contributed by atoms with Crippen LogP contribution in [0.5, 0.6) is 0 Å². The van der Waals surface area contributed by atoms with Crippen LogP contribution in [0.25, 0.3) is 0 Å². The van der Waals surface area contributed by atoms with Gasteiger partial charge in [0.2, 0.25) is 0 Å². The first-order valence-corrected chi connectivity index (χ1v) is 5.32. The van der Waals surface area contributed by atoms with E-state index in [4.69, 9.17) is 9.47 Å². The second kappa shape index (κ2) is 4.84. The van der Waals surface area contributed by atoms with Crippen molar-refractivity contribution >= 4 is 22.6 Å². The maximum Gasteiger partial charge on any atom is 0.296 e. The Bertz CT molecular complexity index is 161. The van der Waals surface area contributed by atoms with E-state index in [1.807, 2.05) is 0 Å². The standard InChI is InChI=1S/C8H13F2IO2/c1-12-6-5-7(6)13-4-2-3-8(9,10)11/h6-7H,2-5H2,1H3. The quantitative estimate of drug-likeness (QED) is 0.427. The number of alkyl halides is 3. The summed E-state index contributed by atoms with van der Waals surface area (Å²) >= 11 is 1.15. The van der Waals surface area contributed by atoms with Crippen LogP contribution in [0.4, 0.5) is 8.78 Å². The van der Waals surface area contributed by atoms with Crippen LogP contribution in [0.1, 0.15) is 19.3 Å². The van der Waals surface area contributed by atoms with E-state index in [2.05, 4.69) is 0 Å². The van der Waals surface area contributed by atoms with Gasteiger partial charge < -0.3 is 9.47 Å². The van der Waals surface area contributed by atoms with Crippen molar-refractivity contribution < 1.29 is 18.3 Å². The minimum absolute atomic E-state index is 0.113. The molecule has 0 aromatic carbocycles. The molecule has 1 aliphatic carbocycles. The van der Waals surface area contributed by atoms with E-state index in [1.54, 1.807) is 7.11 Å². The van der Waals surface area contributed by atoms with Gasteiger partial charge in [-0.25, -0.2) is 0 Å². The van der Waals surface area contributed by atoms with Crippen LogP contribution < -0.4 is 0 Å². The summed E-state index contributed by atoms with van der Waals surface area (Å²) in [6, 6.07) is 0. The van der Waals surface area contributed by atoms with E-state index < -0.39 is 3.93 Å². The smallest absolute Gasteiger partial charge is 0.296 e. The van der Waals surface area contributed by atoms with Gasteiger partial charge in [-0.05, 0) is 29.0 Å². The van der Waals surface area contributed by atoms with Crippen molar-refractivity contribution in [2.45, 2.75) is 35.4 Å². The lowest BCUT2D eigenvalue weighted by atomic mass is 10.3. The van der Waals surface area contributed by atoms with E-state index in [1.165, 1.54) is 0 Å². The van der Waals surface area contributed by atoms with Crippen molar-refractivity contribution in [1.82, 2.24) is 0 Å². The Hall–Kier alpha value is 0.510. The average Bonchev–Trinajstić information content (AvgIpc) is 2.75. The highest BCUT2D eigenvalue weighted by atomic mass is 127. The Balaban J connectivity index is 1.91. The molecule has 1 aliphatic rings. The van der Waals surface area contributed by atoms with Gasteiger partial charge in [0.15, 0.2) is 0 Å². The molecule has 0 aromatic heterocycles. The zero-order valence-corrected chi connectivity index (χ0v) is 9.59. The van der Waals surface area contributed by atoms with Crippen LogP contribution in [-0.2, 0) is 9.47 Å². The van der Waals surface area contributed by atoms with Crippen LogP contribution in [0.15, 0.2) is 0 Å². The van der Waals surface area contributed by atoms with Gasteiger partial charge in [-0.2, -0.15) is 8.78 Å². The van der Waals surface area contributed by atoms with Gasteiger partial charge in [-0.3, -0.25) is 0 Å². The van der Waals surface area contributed by atoms with E-state index in [-0.39, 0.29) is 18.6 Å². The van der Waals surface area contributed by atoms with E-state index >= 15 is 0 Å². The molecule has 1 fully saturated rings. The van der Waals surface area contributed by atoms with Crippen LogP contribution in [0.2, 0.25) is 0 Å². The van der Waals surface area contributed by atoms with Crippen molar-refractivity contribution in [2.75, 3.05) is 13.7 Å². The minimum atomic E-state index is -2.59. The molecule has 0 spiro atoms. The maximum atomic E-state index is 12.3. The molecule has 2 nitrogen and oxygen atoms in total. The van der Waals surface area contributed by atoms with Crippen LogP contribution in [0.3, 0.4) is 0 Å². The molecular weight excluding hydrogens is 293 g/mol. The summed E-state index contributed by atoms with van der Waals surface area (Å²) in [4.78, 5) is 0. The van der Waals surface area contributed by atoms with Crippen molar-refractivity contribution in [1.29, 1.82) is 0 Å². The molecule has 0 bridgehead atoms. The lowest BCUT2D eigenvalue weighted by Gasteiger charge is -2.07. The SMILES string of the molecule is COC1CC1OCCCC(F)(F)I. The normalized spacial score (nSPS) is 27.7.